The van der Waals surface area contributed by atoms with Gasteiger partial charge in [0.25, 0.3) is 0 Å². The Morgan fingerprint density at radius 1 is 0.692 bits per heavy atom. The summed E-state index contributed by atoms with van der Waals surface area (Å²) in [6.45, 7) is 3.41. The van der Waals surface area contributed by atoms with Gasteiger partial charge in [-0.25, -0.2) is 0 Å². The van der Waals surface area contributed by atoms with Crippen LogP contribution in [0.15, 0.2) is 42.5 Å². The molecule has 6 heteroatoms. The van der Waals surface area contributed by atoms with Gasteiger partial charge in [0.2, 0.25) is 5.62 Å². The van der Waals surface area contributed by atoms with Gasteiger partial charge in [-0.1, -0.05) is 109 Å². The van der Waals surface area contributed by atoms with Crippen LogP contribution in [0.25, 0.3) is 11.0 Å². The zero-order valence-corrected chi connectivity index (χ0v) is 24.6. The molecule has 2 aromatic carbocycles. The number of aromatic nitrogens is 2. The predicted octanol–water partition coefficient (Wildman–Crippen LogP) is 8.15. The molecule has 39 heavy (non-hydrogen) atoms. The first-order chi connectivity index (χ1) is 19.1. The monoisotopic (exact) mass is 537 g/mol. The Morgan fingerprint density at radius 2 is 1.21 bits per heavy atom. The third-order valence-corrected chi connectivity index (χ3v) is 7.86. The number of imidazole rings is 1. The number of para-hydroxylation sites is 2. The quantitative estimate of drug-likeness (QED) is 0.143. The van der Waals surface area contributed by atoms with Gasteiger partial charge in [-0.3, -0.25) is 5.41 Å². The van der Waals surface area contributed by atoms with Crippen molar-refractivity contribution in [1.29, 1.82) is 5.41 Å². The molecule has 3 aromatic rings. The average Bonchev–Trinajstić information content (AvgIpc) is 3.22. The molecular formula is C33H51N3O3. The molecule has 2 N–H and O–H groups in total. The van der Waals surface area contributed by atoms with Crippen LogP contribution in [0.1, 0.15) is 108 Å². The summed E-state index contributed by atoms with van der Waals surface area (Å²) < 4.78 is 14.7. The van der Waals surface area contributed by atoms with Crippen molar-refractivity contribution in [2.45, 2.75) is 116 Å². The predicted molar refractivity (Wildman–Crippen MR) is 161 cm³/mol. The van der Waals surface area contributed by atoms with Crippen LogP contribution < -0.4 is 15.1 Å². The lowest BCUT2D eigenvalue weighted by Crippen LogP contribution is -2.26. The smallest absolute Gasteiger partial charge is 0.203 e. The summed E-state index contributed by atoms with van der Waals surface area (Å²) in [7, 11) is 3.19. The van der Waals surface area contributed by atoms with Gasteiger partial charge >= 0.3 is 0 Å². The van der Waals surface area contributed by atoms with Crippen LogP contribution in [0.4, 0.5) is 0 Å². The molecule has 0 amide bonds. The molecule has 0 aliphatic carbocycles. The number of aryl methyl sites for hydroxylation is 1. The number of rotatable bonds is 20. The second-order valence-electron chi connectivity index (χ2n) is 10.8. The summed E-state index contributed by atoms with van der Waals surface area (Å²) in [6, 6.07) is 13.6. The zero-order valence-electron chi connectivity index (χ0n) is 24.6. The highest BCUT2D eigenvalue weighted by Crippen LogP contribution is 2.30. The summed E-state index contributed by atoms with van der Waals surface area (Å²) in [4.78, 5) is 0. The number of benzene rings is 2. The van der Waals surface area contributed by atoms with E-state index in [-0.39, 0.29) is 0 Å². The van der Waals surface area contributed by atoms with E-state index in [0.29, 0.717) is 23.7 Å². The molecule has 0 unspecified atom stereocenters. The largest absolute Gasteiger partial charge is 0.493 e. The molecule has 1 atom stereocenters. The number of aliphatic hydroxyl groups excluding tert-OH is 1. The Balaban J connectivity index is 1.46. The van der Waals surface area contributed by atoms with Gasteiger partial charge in [0.15, 0.2) is 11.5 Å². The summed E-state index contributed by atoms with van der Waals surface area (Å²) in [5, 5.41) is 20.0. The molecule has 0 saturated carbocycles. The van der Waals surface area contributed by atoms with Crippen molar-refractivity contribution in [2.24, 2.45) is 0 Å². The molecule has 1 heterocycles. The van der Waals surface area contributed by atoms with Crippen LogP contribution in [0.5, 0.6) is 11.5 Å². The molecule has 0 bridgehead atoms. The molecule has 0 fully saturated rings. The third kappa shape index (κ3) is 9.16. The molecule has 6 nitrogen and oxygen atoms in total. The Labute approximate surface area is 235 Å². The van der Waals surface area contributed by atoms with Gasteiger partial charge in [0.1, 0.15) is 0 Å². The highest BCUT2D eigenvalue weighted by molar-refractivity contribution is 5.75. The number of hydrogen-bond acceptors (Lipinski definition) is 4. The maximum absolute atomic E-state index is 11.0. The Hall–Kier alpha value is -2.73. The highest BCUT2D eigenvalue weighted by Gasteiger charge is 2.17. The van der Waals surface area contributed by atoms with Crippen molar-refractivity contribution in [3.63, 3.8) is 0 Å². The SMILES string of the molecule is CCCCCCCCCCCCCCCCn1c(=N)n(C[C@@H](O)c2ccc(OC)c(OC)c2)c2ccccc21. The number of nitrogens with zero attached hydrogens (tertiary/aromatic N) is 2. The van der Waals surface area contributed by atoms with Crippen molar-refractivity contribution in [1.82, 2.24) is 9.13 Å². The van der Waals surface area contributed by atoms with Gasteiger partial charge < -0.3 is 23.7 Å². The van der Waals surface area contributed by atoms with E-state index in [2.05, 4.69) is 17.6 Å². The first kappa shape index (κ1) is 30.8. The summed E-state index contributed by atoms with van der Waals surface area (Å²) >= 11 is 0. The number of aliphatic hydroxyl groups is 1. The van der Waals surface area contributed by atoms with Crippen molar-refractivity contribution < 1.29 is 14.6 Å². The van der Waals surface area contributed by atoms with Crippen LogP contribution in [-0.4, -0.2) is 28.5 Å². The molecule has 216 valence electrons. The summed E-state index contributed by atoms with van der Waals surface area (Å²) in [5.41, 5.74) is 3.21. The maximum Gasteiger partial charge on any atom is 0.203 e. The van der Waals surface area contributed by atoms with Crippen molar-refractivity contribution in [3.05, 3.63) is 53.6 Å². The van der Waals surface area contributed by atoms with Gasteiger partial charge in [0, 0.05) is 6.54 Å². The molecule has 1 aromatic heterocycles. The van der Waals surface area contributed by atoms with E-state index in [1.807, 2.05) is 41.0 Å². The second-order valence-corrected chi connectivity index (χ2v) is 10.8. The fourth-order valence-electron chi connectivity index (χ4n) is 5.51. The molecule has 0 saturated heterocycles. The molecular weight excluding hydrogens is 486 g/mol. The number of methoxy groups -OCH3 is 2. The normalized spacial score (nSPS) is 12.2. The van der Waals surface area contributed by atoms with Crippen molar-refractivity contribution >= 4 is 11.0 Å². The maximum atomic E-state index is 11.0. The van der Waals surface area contributed by atoms with Crippen LogP contribution in [0.2, 0.25) is 0 Å². The fourth-order valence-corrected chi connectivity index (χ4v) is 5.51. The lowest BCUT2D eigenvalue weighted by Gasteiger charge is -2.15. The topological polar surface area (TPSA) is 72.4 Å². The molecule has 0 spiro atoms. The van der Waals surface area contributed by atoms with Gasteiger partial charge in [0.05, 0.1) is 37.9 Å². The van der Waals surface area contributed by atoms with E-state index in [9.17, 15) is 5.11 Å². The minimum atomic E-state index is -0.765. The van der Waals surface area contributed by atoms with Gasteiger partial charge in [-0.15, -0.1) is 0 Å². The Bertz CT molecular complexity index is 1170. The molecule has 3 rings (SSSR count). The summed E-state index contributed by atoms with van der Waals surface area (Å²) in [6.07, 6.45) is 18.0. The van der Waals surface area contributed by atoms with E-state index < -0.39 is 6.10 Å². The van der Waals surface area contributed by atoms with E-state index in [1.165, 1.54) is 83.5 Å². The first-order valence-electron chi connectivity index (χ1n) is 15.2. The van der Waals surface area contributed by atoms with Gasteiger partial charge in [-0.05, 0) is 36.2 Å². The van der Waals surface area contributed by atoms with Crippen LogP contribution in [-0.2, 0) is 13.1 Å². The summed E-state index contributed by atoms with van der Waals surface area (Å²) in [5.74, 6) is 1.22. The third-order valence-electron chi connectivity index (χ3n) is 7.86. The van der Waals surface area contributed by atoms with Crippen LogP contribution >= 0.6 is 0 Å². The van der Waals surface area contributed by atoms with Crippen molar-refractivity contribution in [2.75, 3.05) is 14.2 Å². The number of unbranched alkanes of at least 4 members (excludes halogenated alkanes) is 13. The average molecular weight is 538 g/mol. The van der Waals surface area contributed by atoms with E-state index >= 15 is 0 Å². The number of nitrogens with one attached hydrogen (secondary N) is 1. The fraction of sp³-hybridized carbons (Fsp3) is 0.606. The molecule has 0 aliphatic rings. The minimum Gasteiger partial charge on any atom is -0.493 e. The molecule has 0 radical (unpaired) electrons. The standard InChI is InChI=1S/C33H51N3O3/c1-4-5-6-7-8-9-10-11-12-13-14-15-16-19-24-35-28-20-17-18-21-29(28)36(33(35)34)26-30(37)27-22-23-31(38-2)32(25-27)39-3/h17-18,20-23,25,30,34,37H,4-16,19,24,26H2,1-3H3/t30-/m1/s1. The molecule has 0 aliphatic heterocycles. The second kappa shape index (κ2) is 17.1. The number of ether oxygens (including phenoxy) is 2. The van der Waals surface area contributed by atoms with Gasteiger partial charge in [-0.2, -0.15) is 0 Å². The lowest BCUT2D eigenvalue weighted by molar-refractivity contribution is 0.155. The van der Waals surface area contributed by atoms with Crippen LogP contribution in [0.3, 0.4) is 0 Å². The highest BCUT2D eigenvalue weighted by atomic mass is 16.5. The number of hydrogen-bond donors (Lipinski definition) is 2. The first-order valence-corrected chi connectivity index (χ1v) is 15.2. The Kier molecular flexibility index (Phi) is 13.5. The number of fused-ring (bicyclic) bond motifs is 1. The van der Waals surface area contributed by atoms with Crippen LogP contribution in [0, 0.1) is 5.41 Å². The van der Waals surface area contributed by atoms with Crippen molar-refractivity contribution in [3.8, 4) is 11.5 Å². The zero-order chi connectivity index (χ0) is 27.9. The Morgan fingerprint density at radius 3 is 1.74 bits per heavy atom. The van der Waals surface area contributed by atoms with E-state index in [4.69, 9.17) is 14.9 Å². The van der Waals surface area contributed by atoms with E-state index in [1.54, 1.807) is 14.2 Å². The lowest BCUT2D eigenvalue weighted by atomic mass is 10.0. The minimum absolute atomic E-state index is 0.306. The van der Waals surface area contributed by atoms with E-state index in [0.717, 1.165) is 29.6 Å².